The monoisotopic (exact) mass is 171 g/mol. The zero-order valence-corrected chi connectivity index (χ0v) is 8.22. The Morgan fingerprint density at radius 1 is 0.833 bits per heavy atom. The molecule has 0 saturated carbocycles. The highest BCUT2D eigenvalue weighted by Crippen LogP contribution is 2.07. The maximum Gasteiger partial charge on any atom is 0.0811 e. The van der Waals surface area contributed by atoms with Crippen molar-refractivity contribution in [3.8, 4) is 0 Å². The summed E-state index contributed by atoms with van der Waals surface area (Å²) < 4.78 is 0. The van der Waals surface area contributed by atoms with Gasteiger partial charge in [0, 0.05) is 0 Å². The number of hydrogen-bond acceptors (Lipinski definition) is 2. The van der Waals surface area contributed by atoms with Crippen LogP contribution in [0, 0.1) is 4.91 Å². The molecule has 2 heteroatoms. The first kappa shape index (κ1) is 11.6. The summed E-state index contributed by atoms with van der Waals surface area (Å²) >= 11 is 0. The van der Waals surface area contributed by atoms with Gasteiger partial charge in [-0.2, -0.15) is 4.91 Å². The molecule has 12 heavy (non-hydrogen) atoms. The normalized spacial score (nSPS) is 10.1. The van der Waals surface area contributed by atoms with Crippen molar-refractivity contribution in [2.75, 3.05) is 6.54 Å². The van der Waals surface area contributed by atoms with Gasteiger partial charge in [-0.3, -0.25) is 0 Å². The first-order valence-corrected chi connectivity index (χ1v) is 5.21. The van der Waals surface area contributed by atoms with Gasteiger partial charge in [0.1, 0.15) is 0 Å². The molecule has 0 aliphatic rings. The molecule has 0 aliphatic heterocycles. The Labute approximate surface area is 75.7 Å². The molecule has 0 fully saturated rings. The minimum absolute atomic E-state index is 0.509. The van der Waals surface area contributed by atoms with E-state index in [1.54, 1.807) is 0 Å². The summed E-state index contributed by atoms with van der Waals surface area (Å²) in [5.41, 5.74) is 0. The van der Waals surface area contributed by atoms with Gasteiger partial charge in [0.15, 0.2) is 0 Å². The van der Waals surface area contributed by atoms with E-state index in [1.165, 1.54) is 44.9 Å². The van der Waals surface area contributed by atoms with Crippen molar-refractivity contribution in [1.29, 1.82) is 0 Å². The summed E-state index contributed by atoms with van der Waals surface area (Å²) in [6, 6.07) is 0. The fourth-order valence-electron chi connectivity index (χ4n) is 1.31. The summed E-state index contributed by atoms with van der Waals surface area (Å²) in [6.07, 6.45) is 10.2. The number of hydrogen-bond donors (Lipinski definition) is 0. The lowest BCUT2D eigenvalue weighted by Crippen LogP contribution is -1.82. The molecule has 0 N–H and O–H groups in total. The molecular formula is C10H21NO. The smallest absolute Gasteiger partial charge is 0.0811 e. The summed E-state index contributed by atoms with van der Waals surface area (Å²) in [4.78, 5) is 9.73. The Balaban J connectivity index is 2.77. The van der Waals surface area contributed by atoms with Crippen molar-refractivity contribution >= 4 is 0 Å². The molecule has 0 aromatic heterocycles. The van der Waals surface area contributed by atoms with E-state index in [0.717, 1.165) is 6.42 Å². The van der Waals surface area contributed by atoms with Crippen LogP contribution >= 0.6 is 0 Å². The quantitative estimate of drug-likeness (QED) is 0.382. The topological polar surface area (TPSA) is 29.4 Å². The van der Waals surface area contributed by atoms with E-state index in [0.29, 0.717) is 6.54 Å². The van der Waals surface area contributed by atoms with Crippen LogP contribution < -0.4 is 0 Å². The Morgan fingerprint density at radius 3 is 1.83 bits per heavy atom. The number of nitroso groups, excluding NO2 is 1. The molecule has 0 amide bonds. The van der Waals surface area contributed by atoms with Crippen molar-refractivity contribution < 1.29 is 0 Å². The molecule has 0 aromatic carbocycles. The zero-order chi connectivity index (χ0) is 9.07. The van der Waals surface area contributed by atoms with Crippen LogP contribution in [0.25, 0.3) is 0 Å². The summed E-state index contributed by atoms with van der Waals surface area (Å²) in [5, 5.41) is 2.83. The predicted molar refractivity (Wildman–Crippen MR) is 53.3 cm³/mol. The number of nitrogens with zero attached hydrogens (tertiary/aromatic N) is 1. The molecular weight excluding hydrogens is 150 g/mol. The van der Waals surface area contributed by atoms with Crippen molar-refractivity contribution in [2.24, 2.45) is 5.18 Å². The van der Waals surface area contributed by atoms with E-state index < -0.39 is 0 Å². The summed E-state index contributed by atoms with van der Waals surface area (Å²) in [7, 11) is 0. The van der Waals surface area contributed by atoms with E-state index in [2.05, 4.69) is 12.1 Å². The fourth-order valence-corrected chi connectivity index (χ4v) is 1.31. The van der Waals surface area contributed by atoms with Crippen LogP contribution in [0.5, 0.6) is 0 Å². The maximum atomic E-state index is 9.73. The van der Waals surface area contributed by atoms with Gasteiger partial charge in [-0.15, -0.1) is 0 Å². The third-order valence-electron chi connectivity index (χ3n) is 2.10. The van der Waals surface area contributed by atoms with Crippen LogP contribution in [0.4, 0.5) is 0 Å². The van der Waals surface area contributed by atoms with Crippen LogP contribution in [0.3, 0.4) is 0 Å². The number of unbranched alkanes of at least 4 members (excludes halogenated alkanes) is 7. The third-order valence-corrected chi connectivity index (χ3v) is 2.10. The molecule has 0 rings (SSSR count). The SMILES string of the molecule is CCCCCCCCCCN=O. The average molecular weight is 171 g/mol. The van der Waals surface area contributed by atoms with Gasteiger partial charge in [-0.1, -0.05) is 57.0 Å². The molecule has 0 spiro atoms. The molecule has 0 atom stereocenters. The number of rotatable bonds is 9. The summed E-state index contributed by atoms with van der Waals surface area (Å²) in [5.74, 6) is 0. The second-order valence-electron chi connectivity index (χ2n) is 3.33. The van der Waals surface area contributed by atoms with Gasteiger partial charge < -0.3 is 0 Å². The van der Waals surface area contributed by atoms with E-state index in [9.17, 15) is 4.91 Å². The minimum Gasteiger partial charge on any atom is -0.151 e. The van der Waals surface area contributed by atoms with Crippen molar-refractivity contribution in [1.82, 2.24) is 0 Å². The lowest BCUT2D eigenvalue weighted by Gasteiger charge is -1.98. The van der Waals surface area contributed by atoms with Gasteiger partial charge >= 0.3 is 0 Å². The van der Waals surface area contributed by atoms with Gasteiger partial charge in [0.25, 0.3) is 0 Å². The van der Waals surface area contributed by atoms with Gasteiger partial charge in [-0.25, -0.2) is 0 Å². The molecule has 2 nitrogen and oxygen atoms in total. The average Bonchev–Trinajstić information content (AvgIpc) is 2.10. The largest absolute Gasteiger partial charge is 0.151 e. The van der Waals surface area contributed by atoms with Crippen LogP contribution in [-0.2, 0) is 0 Å². The molecule has 0 saturated heterocycles. The predicted octanol–water partition coefficient (Wildman–Crippen LogP) is 3.89. The van der Waals surface area contributed by atoms with Crippen molar-refractivity contribution in [3.63, 3.8) is 0 Å². The first-order valence-electron chi connectivity index (χ1n) is 5.21. The van der Waals surface area contributed by atoms with Crippen molar-refractivity contribution in [3.05, 3.63) is 4.91 Å². The zero-order valence-electron chi connectivity index (χ0n) is 8.22. The maximum absolute atomic E-state index is 9.73. The van der Waals surface area contributed by atoms with E-state index >= 15 is 0 Å². The van der Waals surface area contributed by atoms with Gasteiger partial charge in [0.2, 0.25) is 0 Å². The Hall–Kier alpha value is -0.400. The highest BCUT2D eigenvalue weighted by atomic mass is 16.3. The standard InChI is InChI=1S/C10H21NO/c1-2-3-4-5-6-7-8-9-10-11-12/h2-10H2,1H3. The second kappa shape index (κ2) is 10.6. The molecule has 0 aliphatic carbocycles. The molecule has 0 unspecified atom stereocenters. The molecule has 72 valence electrons. The van der Waals surface area contributed by atoms with Crippen molar-refractivity contribution in [2.45, 2.75) is 58.3 Å². The Bertz CT molecular complexity index is 93.8. The molecule has 0 aromatic rings. The minimum atomic E-state index is 0.509. The lowest BCUT2D eigenvalue weighted by atomic mass is 10.1. The van der Waals surface area contributed by atoms with Gasteiger partial charge in [-0.05, 0) is 6.42 Å². The molecule has 0 heterocycles. The molecule has 0 radical (unpaired) electrons. The Morgan fingerprint density at radius 2 is 1.33 bits per heavy atom. The summed E-state index contributed by atoms with van der Waals surface area (Å²) in [6.45, 7) is 2.74. The lowest BCUT2D eigenvalue weighted by molar-refractivity contribution is 0.578. The molecule has 0 bridgehead atoms. The highest BCUT2D eigenvalue weighted by Gasteiger charge is 1.90. The fraction of sp³-hybridized carbons (Fsp3) is 1.00. The van der Waals surface area contributed by atoms with Gasteiger partial charge in [0.05, 0.1) is 6.54 Å². The van der Waals surface area contributed by atoms with Crippen LogP contribution in [0.1, 0.15) is 58.3 Å². The Kier molecular flexibility index (Phi) is 10.2. The van der Waals surface area contributed by atoms with E-state index in [1.807, 2.05) is 0 Å². The van der Waals surface area contributed by atoms with Crippen LogP contribution in [-0.4, -0.2) is 6.54 Å². The second-order valence-corrected chi connectivity index (χ2v) is 3.33. The van der Waals surface area contributed by atoms with Crippen LogP contribution in [0.2, 0.25) is 0 Å². The van der Waals surface area contributed by atoms with E-state index in [-0.39, 0.29) is 0 Å². The third kappa shape index (κ3) is 9.60. The highest BCUT2D eigenvalue weighted by molar-refractivity contribution is 4.47. The van der Waals surface area contributed by atoms with Crippen LogP contribution in [0.15, 0.2) is 5.18 Å². The first-order chi connectivity index (χ1) is 5.91. The van der Waals surface area contributed by atoms with E-state index in [4.69, 9.17) is 0 Å².